The molecule has 0 saturated carbocycles. The van der Waals surface area contributed by atoms with Crippen molar-refractivity contribution in [1.82, 2.24) is 25.1 Å². The average molecular weight is 247 g/mol. The van der Waals surface area contributed by atoms with Gasteiger partial charge in [0, 0.05) is 44.3 Å². The zero-order valence-corrected chi connectivity index (χ0v) is 9.88. The Labute approximate surface area is 103 Å². The number of amides is 1. The molecule has 0 atom stereocenters. The Morgan fingerprint density at radius 2 is 2.33 bits per heavy atom. The summed E-state index contributed by atoms with van der Waals surface area (Å²) in [7, 11) is 1.83. The normalized spacial score (nSPS) is 10.3. The first-order valence-electron chi connectivity index (χ1n) is 5.47. The summed E-state index contributed by atoms with van der Waals surface area (Å²) < 4.78 is 1.74. The fourth-order valence-corrected chi connectivity index (χ4v) is 1.55. The third kappa shape index (κ3) is 2.62. The lowest BCUT2D eigenvalue weighted by Crippen LogP contribution is -2.32. The summed E-state index contributed by atoms with van der Waals surface area (Å²) in [6.07, 6.45) is 5.10. The zero-order valence-electron chi connectivity index (χ0n) is 9.88. The van der Waals surface area contributed by atoms with Gasteiger partial charge >= 0.3 is 0 Å². The monoisotopic (exact) mass is 247 g/mol. The maximum Gasteiger partial charge on any atom is 0.279 e. The Morgan fingerprint density at radius 3 is 3.00 bits per heavy atom. The number of hydrogen-bond acceptors (Lipinski definition) is 4. The maximum atomic E-state index is 11.7. The van der Waals surface area contributed by atoms with Crippen molar-refractivity contribution >= 4 is 5.91 Å². The van der Waals surface area contributed by atoms with Crippen molar-refractivity contribution in [2.45, 2.75) is 6.42 Å². The molecule has 0 aromatic carbocycles. The third-order valence-electron chi connectivity index (χ3n) is 2.51. The molecule has 0 aliphatic carbocycles. The Kier molecular flexibility index (Phi) is 3.52. The van der Waals surface area contributed by atoms with Gasteiger partial charge in [0.25, 0.3) is 11.5 Å². The Balaban J connectivity index is 1.92. The second kappa shape index (κ2) is 5.26. The van der Waals surface area contributed by atoms with E-state index in [0.717, 1.165) is 5.69 Å². The van der Waals surface area contributed by atoms with E-state index in [9.17, 15) is 9.59 Å². The van der Waals surface area contributed by atoms with Crippen molar-refractivity contribution in [3.05, 3.63) is 46.4 Å². The van der Waals surface area contributed by atoms with Crippen LogP contribution in [0, 0.1) is 0 Å². The van der Waals surface area contributed by atoms with Crippen LogP contribution in [-0.4, -0.2) is 32.2 Å². The van der Waals surface area contributed by atoms with Crippen LogP contribution in [0.5, 0.6) is 0 Å². The fraction of sp³-hybridized carbons (Fsp3) is 0.273. The highest BCUT2D eigenvalue weighted by molar-refractivity contribution is 5.91. The van der Waals surface area contributed by atoms with E-state index < -0.39 is 11.5 Å². The minimum Gasteiger partial charge on any atom is -0.350 e. The number of aromatic amines is 1. The number of carbonyl (C=O) groups is 1. The van der Waals surface area contributed by atoms with E-state index in [2.05, 4.69) is 20.4 Å². The number of H-pyrrole nitrogens is 1. The third-order valence-corrected chi connectivity index (χ3v) is 2.51. The standard InChI is InChI=1S/C11H13N5O2/c1-16-8(3-5-15-16)2-4-13-10(17)9-11(18)14-7-6-12-9/h3,5-7H,2,4H2,1H3,(H,13,17)(H,14,18). The summed E-state index contributed by atoms with van der Waals surface area (Å²) in [5, 5.41) is 6.67. The smallest absolute Gasteiger partial charge is 0.279 e. The van der Waals surface area contributed by atoms with Gasteiger partial charge in [-0.05, 0) is 6.07 Å². The highest BCUT2D eigenvalue weighted by Crippen LogP contribution is 1.96. The van der Waals surface area contributed by atoms with Gasteiger partial charge in [0.05, 0.1) is 0 Å². The topological polar surface area (TPSA) is 92.7 Å². The van der Waals surface area contributed by atoms with Gasteiger partial charge in [0.2, 0.25) is 0 Å². The summed E-state index contributed by atoms with van der Waals surface area (Å²) in [5.41, 5.74) is 0.392. The number of carbonyl (C=O) groups excluding carboxylic acids is 1. The zero-order chi connectivity index (χ0) is 13.0. The molecular weight excluding hydrogens is 234 g/mol. The molecule has 2 aromatic heterocycles. The highest BCUT2D eigenvalue weighted by atomic mass is 16.2. The average Bonchev–Trinajstić information content (AvgIpc) is 2.75. The predicted octanol–water partition coefficient (Wildman–Crippen LogP) is -0.524. The van der Waals surface area contributed by atoms with Crippen LogP contribution in [0.1, 0.15) is 16.2 Å². The molecule has 2 rings (SSSR count). The molecule has 7 heteroatoms. The summed E-state index contributed by atoms with van der Waals surface area (Å²) in [5.74, 6) is -0.473. The SMILES string of the molecule is Cn1nccc1CCNC(=O)c1ncc[nH]c1=O. The maximum absolute atomic E-state index is 11.7. The van der Waals surface area contributed by atoms with Gasteiger partial charge < -0.3 is 10.3 Å². The minimum atomic E-state index is -0.490. The Bertz CT molecular complexity index is 601. The van der Waals surface area contributed by atoms with Crippen LogP contribution < -0.4 is 10.9 Å². The quantitative estimate of drug-likeness (QED) is 0.760. The van der Waals surface area contributed by atoms with E-state index in [4.69, 9.17) is 0 Å². The number of nitrogens with zero attached hydrogens (tertiary/aromatic N) is 3. The van der Waals surface area contributed by atoms with Crippen molar-refractivity contribution in [3.63, 3.8) is 0 Å². The first kappa shape index (κ1) is 12.0. The van der Waals surface area contributed by atoms with Crippen LogP contribution in [-0.2, 0) is 13.5 Å². The Morgan fingerprint density at radius 1 is 1.50 bits per heavy atom. The van der Waals surface area contributed by atoms with E-state index in [1.807, 2.05) is 13.1 Å². The van der Waals surface area contributed by atoms with Gasteiger partial charge in [0.1, 0.15) is 0 Å². The summed E-state index contributed by atoms with van der Waals surface area (Å²) >= 11 is 0. The molecule has 0 unspecified atom stereocenters. The molecule has 0 saturated heterocycles. The van der Waals surface area contributed by atoms with Crippen molar-refractivity contribution < 1.29 is 4.79 Å². The van der Waals surface area contributed by atoms with Gasteiger partial charge in [-0.2, -0.15) is 5.10 Å². The first-order valence-corrected chi connectivity index (χ1v) is 5.47. The second-order valence-electron chi connectivity index (χ2n) is 3.72. The lowest BCUT2D eigenvalue weighted by Gasteiger charge is -2.04. The molecule has 18 heavy (non-hydrogen) atoms. The van der Waals surface area contributed by atoms with Crippen molar-refractivity contribution in [3.8, 4) is 0 Å². The summed E-state index contributed by atoms with van der Waals surface area (Å²) in [6.45, 7) is 0.425. The molecule has 1 amide bonds. The van der Waals surface area contributed by atoms with Crippen LogP contribution >= 0.6 is 0 Å². The summed E-state index contributed by atoms with van der Waals surface area (Å²) in [4.78, 5) is 29.1. The molecule has 0 fully saturated rings. The molecule has 0 aliphatic heterocycles. The van der Waals surface area contributed by atoms with E-state index in [0.29, 0.717) is 13.0 Å². The van der Waals surface area contributed by atoms with Crippen LogP contribution in [0.15, 0.2) is 29.5 Å². The molecule has 0 radical (unpaired) electrons. The molecule has 2 heterocycles. The van der Waals surface area contributed by atoms with E-state index in [1.165, 1.54) is 12.4 Å². The van der Waals surface area contributed by atoms with Crippen LogP contribution in [0.2, 0.25) is 0 Å². The van der Waals surface area contributed by atoms with Crippen molar-refractivity contribution in [2.24, 2.45) is 7.05 Å². The minimum absolute atomic E-state index is 0.123. The van der Waals surface area contributed by atoms with Crippen LogP contribution in [0.4, 0.5) is 0 Å². The fourth-order valence-electron chi connectivity index (χ4n) is 1.55. The van der Waals surface area contributed by atoms with Gasteiger partial charge in [-0.3, -0.25) is 14.3 Å². The number of aryl methyl sites for hydroxylation is 1. The number of nitrogens with one attached hydrogen (secondary N) is 2. The van der Waals surface area contributed by atoms with Crippen LogP contribution in [0.25, 0.3) is 0 Å². The first-order chi connectivity index (χ1) is 8.68. The van der Waals surface area contributed by atoms with Crippen molar-refractivity contribution in [2.75, 3.05) is 6.54 Å². The molecule has 0 spiro atoms. The molecule has 0 aliphatic rings. The van der Waals surface area contributed by atoms with Gasteiger partial charge in [-0.15, -0.1) is 0 Å². The highest BCUT2D eigenvalue weighted by Gasteiger charge is 2.10. The van der Waals surface area contributed by atoms with Gasteiger partial charge in [0.15, 0.2) is 5.69 Å². The van der Waals surface area contributed by atoms with Gasteiger partial charge in [-0.25, -0.2) is 4.98 Å². The lowest BCUT2D eigenvalue weighted by atomic mass is 10.3. The molecular formula is C11H13N5O2. The number of hydrogen-bond donors (Lipinski definition) is 2. The number of rotatable bonds is 4. The predicted molar refractivity (Wildman–Crippen MR) is 64.1 cm³/mol. The second-order valence-corrected chi connectivity index (χ2v) is 3.72. The Hall–Kier alpha value is -2.44. The van der Waals surface area contributed by atoms with Gasteiger partial charge in [-0.1, -0.05) is 0 Å². The van der Waals surface area contributed by atoms with E-state index in [1.54, 1.807) is 10.9 Å². The molecule has 7 nitrogen and oxygen atoms in total. The van der Waals surface area contributed by atoms with E-state index in [-0.39, 0.29) is 5.69 Å². The molecule has 2 N–H and O–H groups in total. The lowest BCUT2D eigenvalue weighted by molar-refractivity contribution is 0.0947. The largest absolute Gasteiger partial charge is 0.350 e. The molecule has 94 valence electrons. The van der Waals surface area contributed by atoms with E-state index >= 15 is 0 Å². The molecule has 2 aromatic rings. The van der Waals surface area contributed by atoms with Crippen molar-refractivity contribution in [1.29, 1.82) is 0 Å². The van der Waals surface area contributed by atoms with Crippen LogP contribution in [0.3, 0.4) is 0 Å². The number of aromatic nitrogens is 4. The molecule has 0 bridgehead atoms. The summed E-state index contributed by atoms with van der Waals surface area (Å²) in [6, 6.07) is 1.87.